The number of fused-ring (bicyclic) bond motifs is 1. The van der Waals surface area contributed by atoms with Crippen molar-refractivity contribution in [2.24, 2.45) is 5.73 Å². The van der Waals surface area contributed by atoms with Crippen LogP contribution in [0, 0.1) is 0 Å². The fourth-order valence-electron chi connectivity index (χ4n) is 2.04. The van der Waals surface area contributed by atoms with Gasteiger partial charge in [-0.3, -0.25) is 0 Å². The second-order valence-corrected chi connectivity index (χ2v) is 4.57. The number of nitrogens with zero attached hydrogens (tertiary/aromatic N) is 2. The van der Waals surface area contributed by atoms with Gasteiger partial charge in [0.05, 0.1) is 11.4 Å². The summed E-state index contributed by atoms with van der Waals surface area (Å²) in [4.78, 5) is 9.31. The van der Waals surface area contributed by atoms with Crippen LogP contribution in [0.15, 0.2) is 0 Å². The predicted octanol–water partition coefficient (Wildman–Crippen LogP) is 0.747. The third-order valence-electron chi connectivity index (χ3n) is 2.93. The van der Waals surface area contributed by atoms with Crippen molar-refractivity contribution in [3.8, 4) is 0 Å². The van der Waals surface area contributed by atoms with Crippen molar-refractivity contribution in [3.05, 3.63) is 22.8 Å². The minimum atomic E-state index is 0.386. The standard InChI is InChI=1S/C12H20N4/c1-8(2)12-15-10(3-5-13)9-7-14-6-4-11(9)16-12/h8,14H,3-7,13H2,1-2H3. The number of rotatable bonds is 3. The quantitative estimate of drug-likeness (QED) is 0.789. The lowest BCUT2D eigenvalue weighted by Gasteiger charge is -2.20. The van der Waals surface area contributed by atoms with E-state index in [1.807, 2.05) is 0 Å². The summed E-state index contributed by atoms with van der Waals surface area (Å²) in [5.41, 5.74) is 9.28. The van der Waals surface area contributed by atoms with Gasteiger partial charge in [0.15, 0.2) is 0 Å². The Morgan fingerprint density at radius 2 is 2.19 bits per heavy atom. The molecule has 0 bridgehead atoms. The van der Waals surface area contributed by atoms with Crippen LogP contribution < -0.4 is 11.1 Å². The monoisotopic (exact) mass is 220 g/mol. The highest BCUT2D eigenvalue weighted by molar-refractivity contribution is 5.29. The van der Waals surface area contributed by atoms with Gasteiger partial charge in [0, 0.05) is 37.4 Å². The van der Waals surface area contributed by atoms with Crippen molar-refractivity contribution in [1.82, 2.24) is 15.3 Å². The van der Waals surface area contributed by atoms with E-state index >= 15 is 0 Å². The average molecular weight is 220 g/mol. The molecule has 0 saturated heterocycles. The van der Waals surface area contributed by atoms with Crippen molar-refractivity contribution >= 4 is 0 Å². The van der Waals surface area contributed by atoms with Crippen LogP contribution in [-0.2, 0) is 19.4 Å². The molecule has 0 unspecified atom stereocenters. The number of nitrogens with two attached hydrogens (primary N) is 1. The maximum atomic E-state index is 5.64. The minimum Gasteiger partial charge on any atom is -0.330 e. The summed E-state index contributed by atoms with van der Waals surface area (Å²) in [6.45, 7) is 6.83. The van der Waals surface area contributed by atoms with Gasteiger partial charge in [0.2, 0.25) is 0 Å². The maximum absolute atomic E-state index is 5.64. The van der Waals surface area contributed by atoms with Crippen LogP contribution in [0.4, 0.5) is 0 Å². The van der Waals surface area contributed by atoms with E-state index < -0.39 is 0 Å². The van der Waals surface area contributed by atoms with Gasteiger partial charge in [-0.05, 0) is 6.54 Å². The molecule has 1 aromatic heterocycles. The second kappa shape index (κ2) is 4.89. The highest BCUT2D eigenvalue weighted by Gasteiger charge is 2.17. The molecule has 2 heterocycles. The summed E-state index contributed by atoms with van der Waals surface area (Å²) in [6, 6.07) is 0. The largest absolute Gasteiger partial charge is 0.330 e. The van der Waals surface area contributed by atoms with Gasteiger partial charge >= 0.3 is 0 Å². The number of hydrogen-bond acceptors (Lipinski definition) is 4. The van der Waals surface area contributed by atoms with E-state index in [0.29, 0.717) is 12.5 Å². The van der Waals surface area contributed by atoms with Crippen LogP contribution in [-0.4, -0.2) is 23.1 Å². The fourth-order valence-corrected chi connectivity index (χ4v) is 2.04. The topological polar surface area (TPSA) is 63.8 Å². The Hall–Kier alpha value is -1.00. The van der Waals surface area contributed by atoms with Crippen LogP contribution >= 0.6 is 0 Å². The number of hydrogen-bond donors (Lipinski definition) is 2. The Morgan fingerprint density at radius 1 is 1.38 bits per heavy atom. The van der Waals surface area contributed by atoms with Crippen LogP contribution in [0.3, 0.4) is 0 Å². The van der Waals surface area contributed by atoms with E-state index in [9.17, 15) is 0 Å². The zero-order valence-corrected chi connectivity index (χ0v) is 10.1. The Morgan fingerprint density at radius 3 is 2.88 bits per heavy atom. The predicted molar refractivity (Wildman–Crippen MR) is 64.3 cm³/mol. The first-order valence-electron chi connectivity index (χ1n) is 6.01. The molecule has 1 aliphatic heterocycles. The molecule has 1 aliphatic rings. The molecule has 0 fully saturated rings. The zero-order valence-electron chi connectivity index (χ0n) is 10.1. The zero-order chi connectivity index (χ0) is 11.5. The van der Waals surface area contributed by atoms with Crippen LogP contribution in [0.5, 0.6) is 0 Å². The number of aromatic nitrogens is 2. The molecule has 0 aliphatic carbocycles. The molecular formula is C12H20N4. The first-order chi connectivity index (χ1) is 7.72. The fraction of sp³-hybridized carbons (Fsp3) is 0.667. The van der Waals surface area contributed by atoms with Gasteiger partial charge in [0.25, 0.3) is 0 Å². The van der Waals surface area contributed by atoms with Gasteiger partial charge in [0.1, 0.15) is 5.82 Å². The first-order valence-corrected chi connectivity index (χ1v) is 6.01. The molecule has 4 nitrogen and oxygen atoms in total. The van der Waals surface area contributed by atoms with Gasteiger partial charge in [-0.2, -0.15) is 0 Å². The SMILES string of the molecule is CC(C)c1nc(CCN)c2c(n1)CCNC2. The normalized spacial score (nSPS) is 15.2. The molecule has 0 atom stereocenters. The summed E-state index contributed by atoms with van der Waals surface area (Å²) in [7, 11) is 0. The summed E-state index contributed by atoms with van der Waals surface area (Å²) in [5, 5.41) is 3.37. The van der Waals surface area contributed by atoms with E-state index in [4.69, 9.17) is 5.73 Å². The van der Waals surface area contributed by atoms with E-state index in [2.05, 4.69) is 29.1 Å². The minimum absolute atomic E-state index is 0.386. The first kappa shape index (κ1) is 11.5. The number of nitrogens with one attached hydrogen (secondary N) is 1. The van der Waals surface area contributed by atoms with Crippen molar-refractivity contribution < 1.29 is 0 Å². The molecule has 2 rings (SSSR count). The Labute approximate surface area is 96.7 Å². The van der Waals surface area contributed by atoms with Gasteiger partial charge in [-0.25, -0.2) is 9.97 Å². The Kier molecular flexibility index (Phi) is 3.51. The Bertz CT molecular complexity index is 374. The van der Waals surface area contributed by atoms with Crippen LogP contribution in [0.1, 0.15) is 42.5 Å². The summed E-state index contributed by atoms with van der Waals surface area (Å²) in [6.07, 6.45) is 1.86. The Balaban J connectivity index is 2.43. The molecule has 88 valence electrons. The second-order valence-electron chi connectivity index (χ2n) is 4.57. The average Bonchev–Trinajstić information content (AvgIpc) is 2.29. The maximum Gasteiger partial charge on any atom is 0.131 e. The van der Waals surface area contributed by atoms with Gasteiger partial charge in [-0.1, -0.05) is 13.8 Å². The molecule has 4 heteroatoms. The lowest BCUT2D eigenvalue weighted by atomic mass is 10.0. The molecule has 0 radical (unpaired) electrons. The van der Waals surface area contributed by atoms with E-state index in [1.54, 1.807) is 0 Å². The van der Waals surface area contributed by atoms with Crippen molar-refractivity contribution in [2.45, 2.75) is 39.2 Å². The van der Waals surface area contributed by atoms with Gasteiger partial charge < -0.3 is 11.1 Å². The van der Waals surface area contributed by atoms with Crippen LogP contribution in [0.2, 0.25) is 0 Å². The molecular weight excluding hydrogens is 200 g/mol. The lowest BCUT2D eigenvalue weighted by molar-refractivity contribution is 0.601. The van der Waals surface area contributed by atoms with Gasteiger partial charge in [-0.15, -0.1) is 0 Å². The smallest absolute Gasteiger partial charge is 0.131 e. The molecule has 0 spiro atoms. The third kappa shape index (κ3) is 2.23. The van der Waals surface area contributed by atoms with E-state index in [1.165, 1.54) is 11.3 Å². The summed E-state index contributed by atoms with van der Waals surface area (Å²) < 4.78 is 0. The summed E-state index contributed by atoms with van der Waals surface area (Å²) >= 11 is 0. The highest BCUT2D eigenvalue weighted by Crippen LogP contribution is 2.19. The van der Waals surface area contributed by atoms with Crippen molar-refractivity contribution in [3.63, 3.8) is 0 Å². The highest BCUT2D eigenvalue weighted by atomic mass is 15.0. The van der Waals surface area contributed by atoms with E-state index in [0.717, 1.165) is 37.4 Å². The van der Waals surface area contributed by atoms with Crippen LogP contribution in [0.25, 0.3) is 0 Å². The lowest BCUT2D eigenvalue weighted by Crippen LogP contribution is -2.28. The summed E-state index contributed by atoms with van der Waals surface area (Å²) in [5.74, 6) is 1.35. The molecule has 1 aromatic rings. The molecule has 0 aromatic carbocycles. The third-order valence-corrected chi connectivity index (χ3v) is 2.93. The van der Waals surface area contributed by atoms with Crippen molar-refractivity contribution in [2.75, 3.05) is 13.1 Å². The van der Waals surface area contributed by atoms with Crippen molar-refractivity contribution in [1.29, 1.82) is 0 Å². The molecule has 0 saturated carbocycles. The van der Waals surface area contributed by atoms with E-state index in [-0.39, 0.29) is 0 Å². The molecule has 3 N–H and O–H groups in total. The molecule has 16 heavy (non-hydrogen) atoms. The molecule has 0 amide bonds.